The molecule has 1 aromatic heterocycles. The molecule has 1 fully saturated rings. The number of nitrogens with zero attached hydrogens (tertiary/aromatic N) is 2. The van der Waals surface area contributed by atoms with Gasteiger partial charge in [-0.1, -0.05) is 12.1 Å². The van der Waals surface area contributed by atoms with E-state index in [2.05, 4.69) is 4.98 Å². The van der Waals surface area contributed by atoms with Crippen LogP contribution in [-0.2, 0) is 24.2 Å². The highest BCUT2D eigenvalue weighted by Crippen LogP contribution is 2.41. The number of amides is 1. The fourth-order valence-electron chi connectivity index (χ4n) is 3.29. The monoisotopic (exact) mass is 310 g/mol. The van der Waals surface area contributed by atoms with E-state index in [1.807, 2.05) is 29.3 Å². The second-order valence-electron chi connectivity index (χ2n) is 6.52. The van der Waals surface area contributed by atoms with Crippen molar-refractivity contribution in [3.63, 3.8) is 0 Å². The lowest BCUT2D eigenvalue weighted by Gasteiger charge is -2.28. The first kappa shape index (κ1) is 14.4. The Morgan fingerprint density at radius 2 is 2.13 bits per heavy atom. The average Bonchev–Trinajstić information content (AvgIpc) is 3.39. The molecule has 118 valence electrons. The number of rotatable bonds is 3. The Balaban J connectivity index is 1.45. The Morgan fingerprint density at radius 3 is 2.91 bits per heavy atom. The first-order chi connectivity index (χ1) is 11.2. The molecule has 1 amide bonds. The van der Waals surface area contributed by atoms with Crippen LogP contribution in [0, 0.1) is 5.82 Å². The minimum absolute atomic E-state index is 0.0538. The number of aromatic nitrogens is 1. The molecule has 0 radical (unpaired) electrons. The quantitative estimate of drug-likeness (QED) is 0.872. The third kappa shape index (κ3) is 2.98. The summed E-state index contributed by atoms with van der Waals surface area (Å²) in [7, 11) is 0. The van der Waals surface area contributed by atoms with Gasteiger partial charge in [-0.25, -0.2) is 4.39 Å². The van der Waals surface area contributed by atoms with E-state index >= 15 is 0 Å². The SMILES string of the molecule is O=C(Cc1ccc(C2CC2)c(F)c1)N1CCc2ccncc2C1. The first-order valence-corrected chi connectivity index (χ1v) is 8.18. The summed E-state index contributed by atoms with van der Waals surface area (Å²) in [5.74, 6) is 0.287. The number of hydrogen-bond acceptors (Lipinski definition) is 2. The van der Waals surface area contributed by atoms with E-state index in [0.717, 1.165) is 42.5 Å². The van der Waals surface area contributed by atoms with E-state index in [-0.39, 0.29) is 18.1 Å². The van der Waals surface area contributed by atoms with Crippen LogP contribution in [0.15, 0.2) is 36.7 Å². The van der Waals surface area contributed by atoms with Gasteiger partial charge in [0.15, 0.2) is 0 Å². The van der Waals surface area contributed by atoms with Crippen molar-refractivity contribution in [1.82, 2.24) is 9.88 Å². The number of carbonyl (C=O) groups excluding carboxylic acids is 1. The van der Waals surface area contributed by atoms with E-state index in [9.17, 15) is 9.18 Å². The van der Waals surface area contributed by atoms with Gasteiger partial charge in [0, 0.05) is 25.5 Å². The van der Waals surface area contributed by atoms with Crippen molar-refractivity contribution in [2.45, 2.75) is 38.1 Å². The Bertz CT molecular complexity index is 755. The first-order valence-electron chi connectivity index (χ1n) is 8.18. The zero-order valence-corrected chi connectivity index (χ0v) is 13.0. The molecule has 2 aromatic rings. The summed E-state index contributed by atoms with van der Waals surface area (Å²) < 4.78 is 14.1. The van der Waals surface area contributed by atoms with Crippen LogP contribution in [0.3, 0.4) is 0 Å². The second kappa shape index (κ2) is 5.76. The summed E-state index contributed by atoms with van der Waals surface area (Å²) in [6.45, 7) is 1.32. The fraction of sp³-hybridized carbons (Fsp3) is 0.368. The van der Waals surface area contributed by atoms with Gasteiger partial charge in [0.2, 0.25) is 5.91 Å². The third-order valence-electron chi connectivity index (χ3n) is 4.81. The van der Waals surface area contributed by atoms with Gasteiger partial charge in [0.05, 0.1) is 6.42 Å². The van der Waals surface area contributed by atoms with E-state index in [0.29, 0.717) is 12.5 Å². The smallest absolute Gasteiger partial charge is 0.227 e. The summed E-state index contributed by atoms with van der Waals surface area (Å²) in [4.78, 5) is 18.5. The number of carbonyl (C=O) groups is 1. The minimum Gasteiger partial charge on any atom is -0.338 e. The van der Waals surface area contributed by atoms with E-state index < -0.39 is 0 Å². The van der Waals surface area contributed by atoms with E-state index in [1.54, 1.807) is 6.20 Å². The Kier molecular flexibility index (Phi) is 3.60. The zero-order chi connectivity index (χ0) is 15.8. The molecule has 3 nitrogen and oxygen atoms in total. The molecule has 1 aliphatic heterocycles. The highest BCUT2D eigenvalue weighted by atomic mass is 19.1. The van der Waals surface area contributed by atoms with Crippen molar-refractivity contribution in [3.8, 4) is 0 Å². The number of hydrogen-bond donors (Lipinski definition) is 0. The molecule has 4 rings (SSSR count). The van der Waals surface area contributed by atoms with Gasteiger partial charge >= 0.3 is 0 Å². The van der Waals surface area contributed by atoms with Crippen molar-refractivity contribution in [2.75, 3.05) is 6.54 Å². The van der Waals surface area contributed by atoms with Crippen LogP contribution in [0.5, 0.6) is 0 Å². The molecule has 2 heterocycles. The Morgan fingerprint density at radius 1 is 1.26 bits per heavy atom. The molecule has 4 heteroatoms. The average molecular weight is 310 g/mol. The molecule has 0 spiro atoms. The van der Waals surface area contributed by atoms with Gasteiger partial charge in [-0.15, -0.1) is 0 Å². The number of pyridine rings is 1. The molecular formula is C19H19FN2O. The maximum atomic E-state index is 14.1. The van der Waals surface area contributed by atoms with Gasteiger partial charge in [0.1, 0.15) is 5.82 Å². The van der Waals surface area contributed by atoms with Gasteiger partial charge < -0.3 is 4.90 Å². The van der Waals surface area contributed by atoms with Crippen molar-refractivity contribution < 1.29 is 9.18 Å². The third-order valence-corrected chi connectivity index (χ3v) is 4.81. The van der Waals surface area contributed by atoms with Gasteiger partial charge in [-0.3, -0.25) is 9.78 Å². The molecular weight excluding hydrogens is 291 g/mol. The number of halogens is 1. The number of fused-ring (bicyclic) bond motifs is 1. The maximum Gasteiger partial charge on any atom is 0.227 e. The summed E-state index contributed by atoms with van der Waals surface area (Å²) in [5.41, 5.74) is 3.94. The van der Waals surface area contributed by atoms with Crippen molar-refractivity contribution in [2.24, 2.45) is 0 Å². The van der Waals surface area contributed by atoms with Crippen molar-refractivity contribution in [3.05, 3.63) is 64.7 Å². The summed E-state index contributed by atoms with van der Waals surface area (Å²) in [6, 6.07) is 7.30. The predicted molar refractivity (Wildman–Crippen MR) is 85.4 cm³/mol. The topological polar surface area (TPSA) is 33.2 Å². The number of benzene rings is 1. The van der Waals surface area contributed by atoms with Crippen LogP contribution in [0.25, 0.3) is 0 Å². The fourth-order valence-corrected chi connectivity index (χ4v) is 3.29. The predicted octanol–water partition coefficient (Wildman–Crippen LogP) is 3.23. The van der Waals surface area contributed by atoms with Crippen LogP contribution in [0.2, 0.25) is 0 Å². The molecule has 0 atom stereocenters. The molecule has 0 N–H and O–H groups in total. The van der Waals surface area contributed by atoms with Crippen LogP contribution in [0.1, 0.15) is 41.0 Å². The van der Waals surface area contributed by atoms with Crippen LogP contribution in [0.4, 0.5) is 4.39 Å². The van der Waals surface area contributed by atoms with Gasteiger partial charge in [-0.2, -0.15) is 0 Å². The molecule has 1 aromatic carbocycles. The van der Waals surface area contributed by atoms with Crippen LogP contribution >= 0.6 is 0 Å². The molecule has 23 heavy (non-hydrogen) atoms. The van der Waals surface area contributed by atoms with Crippen molar-refractivity contribution in [1.29, 1.82) is 0 Å². The normalized spacial score (nSPS) is 17.0. The highest BCUT2D eigenvalue weighted by Gasteiger charge is 2.27. The standard InChI is InChI=1S/C19H19FN2O/c20-18-9-13(1-4-17(18)15-2-3-15)10-19(23)22-8-6-14-5-7-21-11-16(14)12-22/h1,4-5,7,9,11,15H,2-3,6,8,10,12H2. The Labute approximate surface area is 135 Å². The summed E-state index contributed by atoms with van der Waals surface area (Å²) >= 11 is 0. The molecule has 0 unspecified atom stereocenters. The second-order valence-corrected chi connectivity index (χ2v) is 6.52. The lowest BCUT2D eigenvalue weighted by molar-refractivity contribution is -0.131. The lowest BCUT2D eigenvalue weighted by Crippen LogP contribution is -2.37. The zero-order valence-electron chi connectivity index (χ0n) is 13.0. The lowest BCUT2D eigenvalue weighted by atomic mass is 10.0. The largest absolute Gasteiger partial charge is 0.338 e. The summed E-state index contributed by atoms with van der Waals surface area (Å²) in [5, 5.41) is 0. The summed E-state index contributed by atoms with van der Waals surface area (Å²) in [6.07, 6.45) is 6.91. The van der Waals surface area contributed by atoms with E-state index in [4.69, 9.17) is 0 Å². The Hall–Kier alpha value is -2.23. The highest BCUT2D eigenvalue weighted by molar-refractivity contribution is 5.79. The van der Waals surface area contributed by atoms with Crippen LogP contribution < -0.4 is 0 Å². The van der Waals surface area contributed by atoms with Crippen molar-refractivity contribution >= 4 is 5.91 Å². The van der Waals surface area contributed by atoms with E-state index in [1.165, 1.54) is 11.6 Å². The molecule has 1 saturated carbocycles. The molecule has 1 aliphatic carbocycles. The maximum absolute atomic E-state index is 14.1. The van der Waals surface area contributed by atoms with Crippen LogP contribution in [-0.4, -0.2) is 22.3 Å². The molecule has 0 bridgehead atoms. The molecule has 0 saturated heterocycles. The minimum atomic E-state index is -0.161. The van der Waals surface area contributed by atoms with Gasteiger partial charge in [0.25, 0.3) is 0 Å². The molecule has 2 aliphatic rings. The van der Waals surface area contributed by atoms with Gasteiger partial charge in [-0.05, 0) is 59.6 Å².